The predicted octanol–water partition coefficient (Wildman–Crippen LogP) is 2.40. The second-order valence-electron chi connectivity index (χ2n) is 5.82. The van der Waals surface area contributed by atoms with Crippen LogP contribution in [-0.2, 0) is 9.84 Å². The molecule has 0 aliphatic heterocycles. The first kappa shape index (κ1) is 15.7. The van der Waals surface area contributed by atoms with Gasteiger partial charge in [0.2, 0.25) is 0 Å². The van der Waals surface area contributed by atoms with Gasteiger partial charge in [-0.1, -0.05) is 0 Å². The van der Waals surface area contributed by atoms with Crippen LogP contribution in [0.5, 0.6) is 0 Å². The molecule has 1 aromatic carbocycles. The van der Waals surface area contributed by atoms with Gasteiger partial charge in [0.15, 0.2) is 9.84 Å². The summed E-state index contributed by atoms with van der Waals surface area (Å²) in [6.07, 6.45) is 0. The summed E-state index contributed by atoms with van der Waals surface area (Å²) in [5.74, 6) is -0.207. The highest BCUT2D eigenvalue weighted by molar-refractivity contribution is 7.92. The Morgan fingerprint density at radius 3 is 1.95 bits per heavy atom. The lowest BCUT2D eigenvalue weighted by molar-refractivity contribution is 0.0919. The number of rotatable bonds is 3. The number of nitrogens with one attached hydrogen (secondary N) is 1. The second-order valence-corrected chi connectivity index (χ2v) is 8.33. The number of carbonyl (C=O) groups is 1. The van der Waals surface area contributed by atoms with Crippen LogP contribution in [0.15, 0.2) is 29.2 Å². The maximum Gasteiger partial charge on any atom is 0.251 e. The van der Waals surface area contributed by atoms with E-state index in [1.807, 2.05) is 20.8 Å². The van der Waals surface area contributed by atoms with Gasteiger partial charge in [-0.25, -0.2) is 8.42 Å². The molecular formula is C14H21NO3S. The van der Waals surface area contributed by atoms with E-state index in [9.17, 15) is 13.2 Å². The fourth-order valence-electron chi connectivity index (χ4n) is 1.48. The van der Waals surface area contributed by atoms with Crippen LogP contribution in [-0.4, -0.2) is 25.1 Å². The Balaban J connectivity index is 2.98. The van der Waals surface area contributed by atoms with Gasteiger partial charge in [0.05, 0.1) is 10.1 Å². The van der Waals surface area contributed by atoms with Crippen LogP contribution in [0.4, 0.5) is 0 Å². The van der Waals surface area contributed by atoms with Gasteiger partial charge in [0.1, 0.15) is 0 Å². The van der Waals surface area contributed by atoms with E-state index >= 15 is 0 Å². The highest BCUT2D eigenvalue weighted by Gasteiger charge is 2.20. The summed E-state index contributed by atoms with van der Waals surface area (Å²) < 4.78 is 23.9. The molecule has 0 unspecified atom stereocenters. The molecule has 1 aromatic rings. The molecule has 19 heavy (non-hydrogen) atoms. The minimum Gasteiger partial charge on any atom is -0.347 e. The van der Waals surface area contributed by atoms with Crippen LogP contribution < -0.4 is 5.32 Å². The second kappa shape index (κ2) is 5.33. The van der Waals surface area contributed by atoms with E-state index in [-0.39, 0.29) is 16.3 Å². The minimum atomic E-state index is -3.29. The molecular weight excluding hydrogens is 262 g/mol. The first-order chi connectivity index (χ1) is 8.54. The van der Waals surface area contributed by atoms with Gasteiger partial charge in [0.25, 0.3) is 5.91 Å². The van der Waals surface area contributed by atoms with Gasteiger partial charge < -0.3 is 5.32 Å². The Morgan fingerprint density at radius 2 is 1.58 bits per heavy atom. The SMILES string of the molecule is CC(C)S(=O)(=O)c1ccc(C(=O)NC(C)(C)C)cc1. The number of amides is 1. The molecule has 4 nitrogen and oxygen atoms in total. The molecule has 0 heterocycles. The summed E-state index contributed by atoms with van der Waals surface area (Å²) in [5, 5.41) is 2.36. The van der Waals surface area contributed by atoms with Gasteiger partial charge in [-0.05, 0) is 58.9 Å². The molecule has 0 atom stereocenters. The standard InChI is InChI=1S/C14H21NO3S/c1-10(2)19(17,18)12-8-6-11(7-9-12)13(16)15-14(3,4)5/h6-10H,1-5H3,(H,15,16). The van der Waals surface area contributed by atoms with E-state index in [1.165, 1.54) is 24.3 Å². The number of hydrogen-bond acceptors (Lipinski definition) is 3. The average Bonchev–Trinajstić information content (AvgIpc) is 2.26. The van der Waals surface area contributed by atoms with Gasteiger partial charge in [-0.3, -0.25) is 4.79 Å². The smallest absolute Gasteiger partial charge is 0.251 e. The van der Waals surface area contributed by atoms with Crippen LogP contribution in [0.25, 0.3) is 0 Å². The van der Waals surface area contributed by atoms with E-state index in [0.717, 1.165) is 0 Å². The molecule has 0 aliphatic rings. The van der Waals surface area contributed by atoms with Crippen molar-refractivity contribution in [1.29, 1.82) is 0 Å². The molecule has 1 rings (SSSR count). The van der Waals surface area contributed by atoms with Crippen LogP contribution in [0.1, 0.15) is 45.0 Å². The normalized spacial score (nSPS) is 12.5. The van der Waals surface area contributed by atoms with Crippen molar-refractivity contribution in [3.05, 3.63) is 29.8 Å². The van der Waals surface area contributed by atoms with Crippen LogP contribution in [0, 0.1) is 0 Å². The van der Waals surface area contributed by atoms with E-state index in [4.69, 9.17) is 0 Å². The van der Waals surface area contributed by atoms with Crippen molar-refractivity contribution in [2.24, 2.45) is 0 Å². The molecule has 0 fully saturated rings. The number of carbonyl (C=O) groups excluding carboxylic acids is 1. The Labute approximate surface area is 115 Å². The number of sulfone groups is 1. The van der Waals surface area contributed by atoms with Crippen LogP contribution >= 0.6 is 0 Å². The van der Waals surface area contributed by atoms with E-state index in [1.54, 1.807) is 13.8 Å². The van der Waals surface area contributed by atoms with Gasteiger partial charge in [0, 0.05) is 11.1 Å². The molecule has 0 aliphatic carbocycles. The van der Waals surface area contributed by atoms with Crippen molar-refractivity contribution >= 4 is 15.7 Å². The van der Waals surface area contributed by atoms with Crippen LogP contribution in [0.3, 0.4) is 0 Å². The monoisotopic (exact) mass is 283 g/mol. The van der Waals surface area contributed by atoms with Crippen molar-refractivity contribution in [2.45, 2.75) is 50.3 Å². The molecule has 0 spiro atoms. The lowest BCUT2D eigenvalue weighted by atomic mass is 10.1. The molecule has 106 valence electrons. The third-order valence-electron chi connectivity index (χ3n) is 2.55. The van der Waals surface area contributed by atoms with Crippen molar-refractivity contribution in [2.75, 3.05) is 0 Å². The Kier molecular flexibility index (Phi) is 4.40. The van der Waals surface area contributed by atoms with Crippen molar-refractivity contribution in [1.82, 2.24) is 5.32 Å². The van der Waals surface area contributed by atoms with Crippen LogP contribution in [0.2, 0.25) is 0 Å². The summed E-state index contributed by atoms with van der Waals surface area (Å²) in [4.78, 5) is 12.1. The summed E-state index contributed by atoms with van der Waals surface area (Å²) in [7, 11) is -3.29. The van der Waals surface area contributed by atoms with E-state index in [2.05, 4.69) is 5.32 Å². The molecule has 0 saturated carbocycles. The topological polar surface area (TPSA) is 63.2 Å². The molecule has 0 saturated heterocycles. The Hall–Kier alpha value is -1.36. The fourth-order valence-corrected chi connectivity index (χ4v) is 2.54. The van der Waals surface area contributed by atoms with Gasteiger partial charge >= 0.3 is 0 Å². The maximum absolute atomic E-state index is 11.9. The zero-order valence-corrected chi connectivity index (χ0v) is 12.8. The van der Waals surface area contributed by atoms with Gasteiger partial charge in [-0.2, -0.15) is 0 Å². The zero-order valence-electron chi connectivity index (χ0n) is 12.0. The quantitative estimate of drug-likeness (QED) is 0.926. The van der Waals surface area contributed by atoms with Crippen molar-refractivity contribution in [3.8, 4) is 0 Å². The third-order valence-corrected chi connectivity index (χ3v) is 4.72. The van der Waals surface area contributed by atoms with E-state index < -0.39 is 15.1 Å². The molecule has 5 heteroatoms. The Bertz CT molecular complexity index is 551. The molecule has 0 aromatic heterocycles. The highest BCUT2D eigenvalue weighted by Crippen LogP contribution is 2.16. The number of benzene rings is 1. The average molecular weight is 283 g/mol. The Morgan fingerprint density at radius 1 is 1.11 bits per heavy atom. The summed E-state index contributed by atoms with van der Waals surface area (Å²) in [6.45, 7) is 8.94. The molecule has 1 amide bonds. The third kappa shape index (κ3) is 4.06. The lowest BCUT2D eigenvalue weighted by Crippen LogP contribution is -2.40. The number of hydrogen-bond donors (Lipinski definition) is 1. The molecule has 1 N–H and O–H groups in total. The summed E-state index contributed by atoms with van der Waals surface area (Å²) >= 11 is 0. The minimum absolute atomic E-state index is 0.207. The lowest BCUT2D eigenvalue weighted by Gasteiger charge is -2.20. The largest absolute Gasteiger partial charge is 0.347 e. The molecule has 0 radical (unpaired) electrons. The molecule has 0 bridgehead atoms. The first-order valence-electron chi connectivity index (χ1n) is 6.20. The van der Waals surface area contributed by atoms with Crippen molar-refractivity contribution in [3.63, 3.8) is 0 Å². The predicted molar refractivity (Wildman–Crippen MR) is 76.0 cm³/mol. The fraction of sp³-hybridized carbons (Fsp3) is 0.500. The first-order valence-corrected chi connectivity index (χ1v) is 7.75. The summed E-state index contributed by atoms with van der Waals surface area (Å²) in [5.41, 5.74) is 0.136. The van der Waals surface area contributed by atoms with E-state index in [0.29, 0.717) is 5.56 Å². The van der Waals surface area contributed by atoms with Gasteiger partial charge in [-0.15, -0.1) is 0 Å². The maximum atomic E-state index is 11.9. The summed E-state index contributed by atoms with van der Waals surface area (Å²) in [6, 6.07) is 6.03. The van der Waals surface area contributed by atoms with Crippen molar-refractivity contribution < 1.29 is 13.2 Å². The highest BCUT2D eigenvalue weighted by atomic mass is 32.2. The zero-order chi connectivity index (χ0) is 14.8.